The van der Waals surface area contributed by atoms with Crippen LogP contribution in [0.15, 0.2) is 36.5 Å². The van der Waals surface area contributed by atoms with Gasteiger partial charge in [0.1, 0.15) is 0 Å². The van der Waals surface area contributed by atoms with E-state index in [1.54, 1.807) is 24.3 Å². The molecule has 1 heterocycles. The number of carbonyl (C=O) groups excluding carboxylic acids is 1. The predicted molar refractivity (Wildman–Crippen MR) is 73.1 cm³/mol. The molecule has 0 atom stereocenters. The highest BCUT2D eigenvalue weighted by molar-refractivity contribution is 5.80. The van der Waals surface area contributed by atoms with Gasteiger partial charge in [-0.05, 0) is 36.6 Å². The highest BCUT2D eigenvalue weighted by Crippen LogP contribution is 2.29. The number of amides is 1. The number of benzene rings is 1. The summed E-state index contributed by atoms with van der Waals surface area (Å²) in [7, 11) is 0. The van der Waals surface area contributed by atoms with Crippen molar-refractivity contribution in [1.82, 2.24) is 15.1 Å². The molecule has 1 aromatic heterocycles. The summed E-state index contributed by atoms with van der Waals surface area (Å²) in [6, 6.07) is 7.80. The van der Waals surface area contributed by atoms with Gasteiger partial charge in [0.25, 0.3) is 0 Å². The van der Waals surface area contributed by atoms with E-state index < -0.39 is 11.9 Å². The summed E-state index contributed by atoms with van der Waals surface area (Å²) in [5.41, 5.74) is 0.502. The summed E-state index contributed by atoms with van der Waals surface area (Å²) in [6.07, 6.45) is -1.28. The van der Waals surface area contributed by atoms with E-state index in [1.807, 2.05) is 0 Å². The minimum Gasteiger partial charge on any atom is -0.352 e. The molecule has 22 heavy (non-hydrogen) atoms. The molecular weight excluding hydrogens is 295 g/mol. The van der Waals surface area contributed by atoms with Gasteiger partial charge in [-0.2, -0.15) is 18.3 Å². The lowest BCUT2D eigenvalue weighted by molar-refractivity contribution is -0.141. The van der Waals surface area contributed by atoms with E-state index in [0.717, 1.165) is 24.5 Å². The summed E-state index contributed by atoms with van der Waals surface area (Å²) < 4.78 is 38.7. The number of nitrogens with one attached hydrogen (secondary N) is 1. The maximum absolute atomic E-state index is 12.5. The summed E-state index contributed by atoms with van der Waals surface area (Å²) in [6.45, 7) is 0.419. The SMILES string of the molecule is O=C(NCc1ccc(-n2ccc(C(F)(F)F)n2)cc1)C1CC1. The van der Waals surface area contributed by atoms with Crippen LogP contribution in [0.3, 0.4) is 0 Å². The van der Waals surface area contributed by atoms with Crippen LogP contribution < -0.4 is 5.32 Å². The summed E-state index contributed by atoms with van der Waals surface area (Å²) >= 11 is 0. The quantitative estimate of drug-likeness (QED) is 0.944. The second-order valence-corrected chi connectivity index (χ2v) is 5.30. The van der Waals surface area contributed by atoms with Crippen molar-refractivity contribution in [2.45, 2.75) is 25.6 Å². The molecule has 0 aliphatic heterocycles. The van der Waals surface area contributed by atoms with Gasteiger partial charge in [-0.15, -0.1) is 0 Å². The molecule has 1 aromatic carbocycles. The first-order valence-corrected chi connectivity index (χ1v) is 6.93. The number of rotatable bonds is 4. The Morgan fingerprint density at radius 2 is 1.91 bits per heavy atom. The Labute approximate surface area is 124 Å². The standard InChI is InChI=1S/C15H14F3N3O/c16-15(17,18)13-7-8-21(20-13)12-5-1-10(2-6-12)9-19-14(22)11-3-4-11/h1-2,5-8,11H,3-4,9H2,(H,19,22). The maximum atomic E-state index is 12.5. The van der Waals surface area contributed by atoms with Crippen LogP contribution in [-0.4, -0.2) is 15.7 Å². The van der Waals surface area contributed by atoms with Crippen LogP contribution in [0, 0.1) is 5.92 Å². The Hall–Kier alpha value is -2.31. The molecule has 3 rings (SSSR count). The maximum Gasteiger partial charge on any atom is 0.435 e. The van der Waals surface area contributed by atoms with Crippen molar-refractivity contribution in [1.29, 1.82) is 0 Å². The number of hydrogen-bond acceptors (Lipinski definition) is 2. The molecule has 1 N–H and O–H groups in total. The van der Waals surface area contributed by atoms with Crippen LogP contribution in [0.25, 0.3) is 5.69 Å². The molecule has 1 amide bonds. The van der Waals surface area contributed by atoms with Crippen LogP contribution in [0.5, 0.6) is 0 Å². The lowest BCUT2D eigenvalue weighted by Gasteiger charge is -2.06. The summed E-state index contributed by atoms with van der Waals surface area (Å²) in [5, 5.41) is 6.34. The average Bonchev–Trinajstić information content (AvgIpc) is 3.21. The van der Waals surface area contributed by atoms with E-state index in [4.69, 9.17) is 0 Å². The minimum atomic E-state index is -4.45. The molecule has 0 unspecified atom stereocenters. The van der Waals surface area contributed by atoms with Gasteiger partial charge in [-0.25, -0.2) is 4.68 Å². The molecule has 0 saturated heterocycles. The average molecular weight is 309 g/mol. The minimum absolute atomic E-state index is 0.0611. The molecule has 1 aliphatic rings. The Balaban J connectivity index is 1.65. The van der Waals surface area contributed by atoms with Crippen molar-refractivity contribution < 1.29 is 18.0 Å². The molecule has 0 radical (unpaired) electrons. The number of hydrogen-bond donors (Lipinski definition) is 1. The highest BCUT2D eigenvalue weighted by Gasteiger charge is 2.33. The molecular formula is C15H14F3N3O. The van der Waals surface area contributed by atoms with Crippen LogP contribution in [0.1, 0.15) is 24.1 Å². The summed E-state index contributed by atoms with van der Waals surface area (Å²) in [5.74, 6) is 0.218. The van der Waals surface area contributed by atoms with Gasteiger partial charge in [-0.1, -0.05) is 12.1 Å². The van der Waals surface area contributed by atoms with Crippen molar-refractivity contribution in [3.05, 3.63) is 47.8 Å². The Bertz CT molecular complexity index is 672. The fourth-order valence-corrected chi connectivity index (χ4v) is 2.06. The zero-order valence-electron chi connectivity index (χ0n) is 11.6. The molecule has 7 heteroatoms. The van der Waals surface area contributed by atoms with Crippen LogP contribution in [0.4, 0.5) is 13.2 Å². The lowest BCUT2D eigenvalue weighted by Crippen LogP contribution is -2.24. The third-order valence-electron chi connectivity index (χ3n) is 3.50. The Kier molecular flexibility index (Phi) is 3.64. The van der Waals surface area contributed by atoms with Crippen molar-refractivity contribution in [3.63, 3.8) is 0 Å². The predicted octanol–water partition coefficient (Wildman–Crippen LogP) is 2.92. The fraction of sp³-hybridized carbons (Fsp3) is 0.333. The zero-order chi connectivity index (χ0) is 15.7. The summed E-state index contributed by atoms with van der Waals surface area (Å²) in [4.78, 5) is 11.5. The lowest BCUT2D eigenvalue weighted by atomic mass is 10.2. The number of nitrogens with zero attached hydrogens (tertiary/aromatic N) is 2. The molecule has 1 aliphatic carbocycles. The molecule has 116 valence electrons. The third kappa shape index (κ3) is 3.29. The monoisotopic (exact) mass is 309 g/mol. The van der Waals surface area contributed by atoms with Crippen molar-refractivity contribution in [2.24, 2.45) is 5.92 Å². The third-order valence-corrected chi connectivity index (χ3v) is 3.50. The van der Waals surface area contributed by atoms with E-state index in [2.05, 4.69) is 10.4 Å². The first-order chi connectivity index (χ1) is 10.4. The molecule has 1 saturated carbocycles. The fourth-order valence-electron chi connectivity index (χ4n) is 2.06. The Morgan fingerprint density at radius 3 is 2.45 bits per heavy atom. The first-order valence-electron chi connectivity index (χ1n) is 6.93. The second kappa shape index (κ2) is 5.47. The second-order valence-electron chi connectivity index (χ2n) is 5.30. The number of aromatic nitrogens is 2. The van der Waals surface area contributed by atoms with Crippen molar-refractivity contribution >= 4 is 5.91 Å². The van der Waals surface area contributed by atoms with Gasteiger partial charge in [0.05, 0.1) is 5.69 Å². The van der Waals surface area contributed by atoms with Gasteiger partial charge >= 0.3 is 6.18 Å². The first kappa shape index (κ1) is 14.6. The van der Waals surface area contributed by atoms with Gasteiger partial charge in [0.2, 0.25) is 5.91 Å². The molecule has 2 aromatic rings. The molecule has 0 spiro atoms. The normalized spacial score (nSPS) is 14.9. The van der Waals surface area contributed by atoms with Crippen LogP contribution in [-0.2, 0) is 17.5 Å². The Morgan fingerprint density at radius 1 is 1.23 bits per heavy atom. The molecule has 4 nitrogen and oxygen atoms in total. The molecule has 1 fully saturated rings. The van der Waals surface area contributed by atoms with Crippen molar-refractivity contribution in [3.8, 4) is 5.69 Å². The largest absolute Gasteiger partial charge is 0.435 e. The smallest absolute Gasteiger partial charge is 0.352 e. The highest BCUT2D eigenvalue weighted by atomic mass is 19.4. The zero-order valence-corrected chi connectivity index (χ0v) is 11.6. The van der Waals surface area contributed by atoms with Crippen LogP contribution >= 0.6 is 0 Å². The van der Waals surface area contributed by atoms with Crippen molar-refractivity contribution in [2.75, 3.05) is 0 Å². The van der Waals surface area contributed by atoms with Gasteiger partial charge in [-0.3, -0.25) is 4.79 Å². The van der Waals surface area contributed by atoms with Gasteiger partial charge in [0.15, 0.2) is 5.69 Å². The van der Waals surface area contributed by atoms with E-state index in [9.17, 15) is 18.0 Å². The van der Waals surface area contributed by atoms with Gasteiger partial charge < -0.3 is 5.32 Å². The van der Waals surface area contributed by atoms with Crippen LogP contribution in [0.2, 0.25) is 0 Å². The number of carbonyl (C=O) groups is 1. The molecule has 0 bridgehead atoms. The number of halogens is 3. The number of alkyl halides is 3. The van der Waals surface area contributed by atoms with E-state index in [1.165, 1.54) is 10.9 Å². The van der Waals surface area contributed by atoms with Gasteiger partial charge in [0, 0.05) is 18.7 Å². The van der Waals surface area contributed by atoms with E-state index >= 15 is 0 Å². The van der Waals surface area contributed by atoms with E-state index in [0.29, 0.717) is 12.2 Å². The van der Waals surface area contributed by atoms with E-state index in [-0.39, 0.29) is 11.8 Å². The topological polar surface area (TPSA) is 46.9 Å².